The zero-order valence-electron chi connectivity index (χ0n) is 14.7. The maximum absolute atomic E-state index is 13.2. The number of thiophene rings is 1. The fraction of sp³-hybridized carbons (Fsp3) is 0.227. The molecule has 0 saturated heterocycles. The van der Waals surface area contributed by atoms with Gasteiger partial charge >= 0.3 is 0 Å². The van der Waals surface area contributed by atoms with Gasteiger partial charge in [-0.2, -0.15) is 5.10 Å². The lowest BCUT2D eigenvalue weighted by atomic mass is 9.84. The largest absolute Gasteiger partial charge is 0.384 e. The molecule has 136 valence electrons. The first-order valence-electron chi connectivity index (χ1n) is 9.12. The summed E-state index contributed by atoms with van der Waals surface area (Å²) >= 11 is 1.69. The van der Waals surface area contributed by atoms with Crippen molar-refractivity contribution in [3.8, 4) is 5.69 Å². The maximum atomic E-state index is 13.2. The van der Waals surface area contributed by atoms with E-state index in [1.54, 1.807) is 34.3 Å². The van der Waals surface area contributed by atoms with E-state index in [0.29, 0.717) is 12.3 Å². The van der Waals surface area contributed by atoms with Crippen LogP contribution in [-0.4, -0.2) is 14.9 Å². The van der Waals surface area contributed by atoms with Crippen molar-refractivity contribution in [2.45, 2.75) is 24.9 Å². The van der Waals surface area contributed by atoms with Gasteiger partial charge in [0.2, 0.25) is 0 Å². The van der Waals surface area contributed by atoms with Gasteiger partial charge in [0.25, 0.3) is 0 Å². The molecular weight excluding hydrogens is 359 g/mol. The lowest BCUT2D eigenvalue weighted by Gasteiger charge is -2.28. The number of halogens is 1. The Kier molecular flexibility index (Phi) is 3.88. The van der Waals surface area contributed by atoms with E-state index in [-0.39, 0.29) is 5.82 Å². The molecule has 0 spiro atoms. The Morgan fingerprint density at radius 1 is 1.15 bits per heavy atom. The van der Waals surface area contributed by atoms with Gasteiger partial charge in [0.05, 0.1) is 23.0 Å². The van der Waals surface area contributed by atoms with Crippen LogP contribution in [0.25, 0.3) is 16.6 Å². The quantitative estimate of drug-likeness (QED) is 0.527. The molecule has 0 aliphatic heterocycles. The molecule has 1 fully saturated rings. The predicted octanol–water partition coefficient (Wildman–Crippen LogP) is 5.07. The summed E-state index contributed by atoms with van der Waals surface area (Å²) in [7, 11) is 0. The van der Waals surface area contributed by atoms with Gasteiger partial charge in [0, 0.05) is 16.7 Å². The van der Waals surface area contributed by atoms with E-state index in [1.807, 2.05) is 24.3 Å². The Bertz CT molecular complexity index is 1080. The zero-order valence-corrected chi connectivity index (χ0v) is 15.5. The molecule has 0 amide bonds. The molecule has 1 atom stereocenters. The molecule has 2 aromatic heterocycles. The summed E-state index contributed by atoms with van der Waals surface area (Å²) in [6, 6.07) is 16.5. The fourth-order valence-corrected chi connectivity index (χ4v) is 4.60. The second-order valence-corrected chi connectivity index (χ2v) is 8.29. The Balaban J connectivity index is 1.55. The van der Waals surface area contributed by atoms with Crippen LogP contribution in [0.2, 0.25) is 0 Å². The summed E-state index contributed by atoms with van der Waals surface area (Å²) in [6.07, 6.45) is 4.58. The summed E-state index contributed by atoms with van der Waals surface area (Å²) in [6.45, 7) is 0. The number of hydrogen-bond donors (Lipinski definition) is 1. The Morgan fingerprint density at radius 3 is 2.67 bits per heavy atom. The van der Waals surface area contributed by atoms with Gasteiger partial charge in [-0.3, -0.25) is 0 Å². The van der Waals surface area contributed by atoms with Crippen LogP contribution in [-0.2, 0) is 12.0 Å². The number of rotatable bonds is 5. The summed E-state index contributed by atoms with van der Waals surface area (Å²) in [5, 5.41) is 19.0. The lowest BCUT2D eigenvalue weighted by Crippen LogP contribution is -2.30. The van der Waals surface area contributed by atoms with E-state index >= 15 is 0 Å². The van der Waals surface area contributed by atoms with Crippen molar-refractivity contribution >= 4 is 22.2 Å². The summed E-state index contributed by atoms with van der Waals surface area (Å²) in [5.41, 5.74) is 1.87. The number of aromatic nitrogens is 2. The molecule has 27 heavy (non-hydrogen) atoms. The normalized spacial score (nSPS) is 16.5. The molecule has 1 unspecified atom stereocenters. The second-order valence-electron chi connectivity index (χ2n) is 7.26. The van der Waals surface area contributed by atoms with Gasteiger partial charge in [-0.1, -0.05) is 12.1 Å². The Labute approximate surface area is 160 Å². The molecular formula is C22H19FN2OS. The monoisotopic (exact) mass is 378 g/mol. The van der Waals surface area contributed by atoms with Crippen LogP contribution in [0.15, 0.2) is 66.2 Å². The molecule has 1 saturated carbocycles. The minimum atomic E-state index is -0.836. The van der Waals surface area contributed by atoms with Crippen LogP contribution in [0.1, 0.15) is 23.3 Å². The minimum Gasteiger partial charge on any atom is -0.384 e. The third kappa shape index (κ3) is 2.97. The van der Waals surface area contributed by atoms with Crippen molar-refractivity contribution in [3.05, 3.63) is 82.4 Å². The molecule has 1 N–H and O–H groups in total. The minimum absolute atomic E-state index is 0.263. The number of hydrogen-bond acceptors (Lipinski definition) is 3. The highest BCUT2D eigenvalue weighted by Gasteiger charge is 2.45. The average Bonchev–Trinajstić information content (AvgIpc) is 3.27. The van der Waals surface area contributed by atoms with E-state index in [1.165, 1.54) is 17.0 Å². The number of benzene rings is 2. The molecule has 2 heterocycles. The molecule has 4 aromatic rings. The summed E-state index contributed by atoms with van der Waals surface area (Å²) in [5.74, 6) is 0.0461. The SMILES string of the molecule is OC(Cc1cccs1)(c1ccc2c(cnn2-c2ccc(F)cc2)c1)C1CC1. The van der Waals surface area contributed by atoms with E-state index in [2.05, 4.69) is 16.5 Å². The van der Waals surface area contributed by atoms with Crippen LogP contribution >= 0.6 is 11.3 Å². The second kappa shape index (κ2) is 6.29. The van der Waals surface area contributed by atoms with Gasteiger partial charge < -0.3 is 5.11 Å². The average molecular weight is 378 g/mol. The molecule has 5 rings (SSSR count). The van der Waals surface area contributed by atoms with Crippen LogP contribution in [0.3, 0.4) is 0 Å². The first kappa shape index (κ1) is 16.7. The van der Waals surface area contributed by atoms with Crippen LogP contribution in [0.4, 0.5) is 4.39 Å². The van der Waals surface area contributed by atoms with Crippen molar-refractivity contribution < 1.29 is 9.50 Å². The van der Waals surface area contributed by atoms with Gasteiger partial charge in [-0.15, -0.1) is 11.3 Å². The van der Waals surface area contributed by atoms with Crippen LogP contribution in [0.5, 0.6) is 0 Å². The molecule has 3 nitrogen and oxygen atoms in total. The third-order valence-corrected chi connectivity index (χ3v) is 6.29. The zero-order chi connectivity index (χ0) is 18.4. The first-order chi connectivity index (χ1) is 13.1. The Hall–Kier alpha value is -2.50. The standard InChI is InChI=1S/C22H19FN2OS/c23-18-6-8-19(9-7-18)25-21-10-5-17(12-15(21)14-24-25)22(26,16-3-4-16)13-20-2-1-11-27-20/h1-2,5-12,14,16,26H,3-4,13H2. The maximum Gasteiger partial charge on any atom is 0.123 e. The van der Waals surface area contributed by atoms with Gasteiger partial charge in [0.15, 0.2) is 0 Å². The van der Waals surface area contributed by atoms with Crippen molar-refractivity contribution in [2.75, 3.05) is 0 Å². The summed E-state index contributed by atoms with van der Waals surface area (Å²) in [4.78, 5) is 1.20. The van der Waals surface area contributed by atoms with Gasteiger partial charge in [-0.25, -0.2) is 9.07 Å². The van der Waals surface area contributed by atoms with E-state index < -0.39 is 5.60 Å². The van der Waals surface area contributed by atoms with Crippen molar-refractivity contribution in [1.29, 1.82) is 0 Å². The fourth-order valence-electron chi connectivity index (χ4n) is 3.81. The van der Waals surface area contributed by atoms with Crippen molar-refractivity contribution in [1.82, 2.24) is 9.78 Å². The first-order valence-corrected chi connectivity index (χ1v) is 10.0. The molecule has 0 bridgehead atoms. The molecule has 1 aliphatic rings. The van der Waals surface area contributed by atoms with Crippen LogP contribution < -0.4 is 0 Å². The predicted molar refractivity (Wildman–Crippen MR) is 106 cm³/mol. The topological polar surface area (TPSA) is 38.1 Å². The third-order valence-electron chi connectivity index (χ3n) is 5.42. The van der Waals surface area contributed by atoms with Crippen molar-refractivity contribution in [2.24, 2.45) is 5.92 Å². The van der Waals surface area contributed by atoms with E-state index in [4.69, 9.17) is 0 Å². The van der Waals surface area contributed by atoms with Gasteiger partial charge in [0.1, 0.15) is 5.82 Å². The van der Waals surface area contributed by atoms with E-state index in [9.17, 15) is 9.50 Å². The smallest absolute Gasteiger partial charge is 0.123 e. The molecule has 0 radical (unpaired) electrons. The molecule has 1 aliphatic carbocycles. The van der Waals surface area contributed by atoms with Crippen LogP contribution in [0, 0.1) is 11.7 Å². The number of aliphatic hydroxyl groups is 1. The number of nitrogens with zero attached hydrogens (tertiary/aromatic N) is 2. The summed E-state index contributed by atoms with van der Waals surface area (Å²) < 4.78 is 15.0. The molecule has 5 heteroatoms. The highest BCUT2D eigenvalue weighted by molar-refractivity contribution is 7.09. The molecule has 2 aromatic carbocycles. The van der Waals surface area contributed by atoms with E-state index in [0.717, 1.165) is 35.0 Å². The lowest BCUT2D eigenvalue weighted by molar-refractivity contribution is 0.0140. The number of fused-ring (bicyclic) bond motifs is 1. The van der Waals surface area contributed by atoms with Gasteiger partial charge in [-0.05, 0) is 72.2 Å². The highest BCUT2D eigenvalue weighted by Crippen LogP contribution is 2.48. The highest BCUT2D eigenvalue weighted by atomic mass is 32.1. The van der Waals surface area contributed by atoms with Crippen molar-refractivity contribution in [3.63, 3.8) is 0 Å². The Morgan fingerprint density at radius 2 is 1.96 bits per heavy atom.